The molecule has 1 aliphatic heterocycles. The highest BCUT2D eigenvalue weighted by atomic mass is 79.9. The Morgan fingerprint density at radius 3 is 2.52 bits per heavy atom. The summed E-state index contributed by atoms with van der Waals surface area (Å²) < 4.78 is 25.7. The molecule has 1 heterocycles. The first-order chi connectivity index (χ1) is 10.8. The molecular weight excluding hydrogens is 384 g/mol. The first-order valence-electron chi connectivity index (χ1n) is 8.51. The number of rotatable bonds is 3. The molecule has 2 saturated carbocycles. The van der Waals surface area contributed by atoms with Crippen LogP contribution >= 0.6 is 15.9 Å². The van der Waals surface area contributed by atoms with Gasteiger partial charge >= 0.3 is 0 Å². The summed E-state index contributed by atoms with van der Waals surface area (Å²) in [4.78, 5) is 11.3. The van der Waals surface area contributed by atoms with Gasteiger partial charge in [-0.05, 0) is 43.4 Å². The van der Waals surface area contributed by atoms with Gasteiger partial charge in [-0.15, -0.1) is 0 Å². The summed E-state index contributed by atoms with van der Waals surface area (Å²) in [7, 11) is -3.15. The van der Waals surface area contributed by atoms with E-state index in [1.165, 1.54) is 6.26 Å². The first kappa shape index (κ1) is 17.6. The standard InChI is InChI=1S/C15H25BrN2O4S/c1-23(21,22)17-6-5-14-13(3-2-4-15(14)17)10-7-11(16)9-12(8-10)18(19)20/h10-15H,2-9H2,1H3. The maximum Gasteiger partial charge on any atom is 0.214 e. The second-order valence-corrected chi connectivity index (χ2v) is 10.7. The molecule has 0 aromatic heterocycles. The minimum Gasteiger partial charge on any atom is -0.264 e. The number of sulfonamides is 1. The van der Waals surface area contributed by atoms with Gasteiger partial charge in [-0.1, -0.05) is 22.4 Å². The highest BCUT2D eigenvalue weighted by Gasteiger charge is 2.48. The van der Waals surface area contributed by atoms with Crippen molar-refractivity contribution in [3.8, 4) is 0 Å². The lowest BCUT2D eigenvalue weighted by Gasteiger charge is -2.42. The Kier molecular flexibility index (Phi) is 5.05. The first-order valence-corrected chi connectivity index (χ1v) is 11.3. The molecule has 0 aromatic rings. The van der Waals surface area contributed by atoms with E-state index in [0.29, 0.717) is 37.1 Å². The van der Waals surface area contributed by atoms with E-state index in [2.05, 4.69) is 15.9 Å². The van der Waals surface area contributed by atoms with Crippen LogP contribution in [0.3, 0.4) is 0 Å². The van der Waals surface area contributed by atoms with Gasteiger partial charge in [-0.3, -0.25) is 10.1 Å². The topological polar surface area (TPSA) is 80.5 Å². The molecule has 1 saturated heterocycles. The van der Waals surface area contributed by atoms with Crippen molar-refractivity contribution in [1.29, 1.82) is 0 Å². The fraction of sp³-hybridized carbons (Fsp3) is 1.00. The number of fused-ring (bicyclic) bond motifs is 1. The van der Waals surface area contributed by atoms with Gasteiger partial charge in [0.1, 0.15) is 0 Å². The molecule has 6 nitrogen and oxygen atoms in total. The summed E-state index contributed by atoms with van der Waals surface area (Å²) >= 11 is 3.61. The second kappa shape index (κ2) is 6.59. The van der Waals surface area contributed by atoms with Crippen molar-refractivity contribution < 1.29 is 13.3 Å². The third-order valence-electron chi connectivity index (χ3n) is 6.13. The number of alkyl halides is 1. The van der Waals surface area contributed by atoms with Crippen LogP contribution in [0.1, 0.15) is 44.9 Å². The lowest BCUT2D eigenvalue weighted by molar-refractivity contribution is -0.528. The van der Waals surface area contributed by atoms with E-state index < -0.39 is 16.1 Å². The fourth-order valence-electron chi connectivity index (χ4n) is 5.26. The summed E-state index contributed by atoms with van der Waals surface area (Å²) in [5, 5.41) is 11.2. The van der Waals surface area contributed by atoms with E-state index >= 15 is 0 Å². The van der Waals surface area contributed by atoms with Crippen LogP contribution in [0, 0.1) is 27.9 Å². The monoisotopic (exact) mass is 408 g/mol. The van der Waals surface area contributed by atoms with Crippen molar-refractivity contribution >= 4 is 26.0 Å². The van der Waals surface area contributed by atoms with Gasteiger partial charge in [-0.25, -0.2) is 8.42 Å². The van der Waals surface area contributed by atoms with Crippen LogP contribution in [-0.2, 0) is 10.0 Å². The molecular formula is C15H25BrN2O4S. The molecule has 0 N–H and O–H groups in total. The largest absolute Gasteiger partial charge is 0.264 e. The molecule has 0 amide bonds. The lowest BCUT2D eigenvalue weighted by atomic mass is 9.66. The van der Waals surface area contributed by atoms with Crippen molar-refractivity contribution in [2.24, 2.45) is 17.8 Å². The van der Waals surface area contributed by atoms with Crippen LogP contribution in [0.15, 0.2) is 0 Å². The maximum atomic E-state index is 12.0. The van der Waals surface area contributed by atoms with E-state index in [0.717, 1.165) is 32.1 Å². The highest BCUT2D eigenvalue weighted by Crippen LogP contribution is 2.48. The lowest BCUT2D eigenvalue weighted by Crippen LogP contribution is -2.45. The number of hydrogen-bond acceptors (Lipinski definition) is 4. The Bertz CT molecular complexity index is 570. The van der Waals surface area contributed by atoms with Crippen LogP contribution in [0.25, 0.3) is 0 Å². The van der Waals surface area contributed by atoms with Gasteiger partial charge < -0.3 is 0 Å². The predicted molar refractivity (Wildman–Crippen MR) is 91.6 cm³/mol. The molecule has 23 heavy (non-hydrogen) atoms. The summed E-state index contributed by atoms with van der Waals surface area (Å²) in [6.07, 6.45) is 7.53. The zero-order valence-electron chi connectivity index (χ0n) is 13.4. The van der Waals surface area contributed by atoms with Crippen LogP contribution in [-0.4, -0.2) is 47.4 Å². The number of nitrogens with zero attached hydrogens (tertiary/aromatic N) is 2. The molecule has 2 aliphatic carbocycles. The molecule has 0 bridgehead atoms. The Hall–Kier alpha value is -0.210. The van der Waals surface area contributed by atoms with E-state index in [1.807, 2.05) is 0 Å². The van der Waals surface area contributed by atoms with Gasteiger partial charge in [-0.2, -0.15) is 4.31 Å². The molecule has 3 aliphatic rings. The van der Waals surface area contributed by atoms with Crippen molar-refractivity contribution in [2.75, 3.05) is 12.8 Å². The zero-order valence-corrected chi connectivity index (χ0v) is 15.8. The molecule has 0 aromatic carbocycles. The Morgan fingerprint density at radius 1 is 1.13 bits per heavy atom. The molecule has 132 valence electrons. The third kappa shape index (κ3) is 3.58. The smallest absolute Gasteiger partial charge is 0.214 e. The number of halogens is 1. The normalized spacial score (nSPS) is 42.3. The minimum atomic E-state index is -3.15. The Labute approximate surface area is 146 Å². The highest BCUT2D eigenvalue weighted by molar-refractivity contribution is 9.09. The van der Waals surface area contributed by atoms with E-state index in [1.54, 1.807) is 4.31 Å². The quantitative estimate of drug-likeness (QED) is 0.408. The minimum absolute atomic E-state index is 0.119. The van der Waals surface area contributed by atoms with E-state index in [9.17, 15) is 18.5 Å². The van der Waals surface area contributed by atoms with Crippen molar-refractivity contribution in [1.82, 2.24) is 4.31 Å². The average Bonchev–Trinajstić information content (AvgIpc) is 2.90. The van der Waals surface area contributed by atoms with Crippen LogP contribution in [0.4, 0.5) is 0 Å². The van der Waals surface area contributed by atoms with E-state index in [4.69, 9.17) is 0 Å². The molecule has 8 heteroatoms. The van der Waals surface area contributed by atoms with Gasteiger partial charge in [0.05, 0.1) is 6.26 Å². The molecule has 0 radical (unpaired) electrons. The van der Waals surface area contributed by atoms with Crippen molar-refractivity contribution in [2.45, 2.75) is 61.9 Å². The summed E-state index contributed by atoms with van der Waals surface area (Å²) in [6.45, 7) is 0.619. The van der Waals surface area contributed by atoms with Gasteiger partial charge in [0, 0.05) is 35.2 Å². The van der Waals surface area contributed by atoms with Crippen molar-refractivity contribution in [3.05, 3.63) is 10.1 Å². The van der Waals surface area contributed by atoms with Crippen molar-refractivity contribution in [3.63, 3.8) is 0 Å². The zero-order chi connectivity index (χ0) is 16.8. The van der Waals surface area contributed by atoms with Gasteiger partial charge in [0.15, 0.2) is 0 Å². The van der Waals surface area contributed by atoms with E-state index in [-0.39, 0.29) is 15.8 Å². The maximum absolute atomic E-state index is 12.0. The van der Waals surface area contributed by atoms with Gasteiger partial charge in [0.2, 0.25) is 16.1 Å². The Morgan fingerprint density at radius 2 is 1.87 bits per heavy atom. The third-order valence-corrected chi connectivity index (χ3v) is 8.18. The van der Waals surface area contributed by atoms with Crippen LogP contribution < -0.4 is 0 Å². The summed E-state index contributed by atoms with van der Waals surface area (Å²) in [5.74, 6) is 1.16. The average molecular weight is 409 g/mol. The number of nitro groups is 1. The summed E-state index contributed by atoms with van der Waals surface area (Å²) in [6, 6.07) is -0.334. The molecule has 6 unspecified atom stereocenters. The fourth-order valence-corrected chi connectivity index (χ4v) is 7.37. The SMILES string of the molecule is CS(=O)(=O)N1CCC2C(C3CC(Br)CC([N+](=O)[O-])C3)CCCC21. The van der Waals surface area contributed by atoms with Crippen LogP contribution in [0.2, 0.25) is 0 Å². The Balaban J connectivity index is 1.76. The molecule has 3 fully saturated rings. The molecule has 0 spiro atoms. The van der Waals surface area contributed by atoms with Gasteiger partial charge in [0.25, 0.3) is 0 Å². The number of hydrogen-bond donors (Lipinski definition) is 0. The molecule has 3 rings (SSSR count). The predicted octanol–water partition coefficient (Wildman–Crippen LogP) is 2.65. The second-order valence-electron chi connectivity index (χ2n) is 7.49. The summed E-state index contributed by atoms with van der Waals surface area (Å²) in [5.41, 5.74) is 0. The molecule has 6 atom stereocenters. The van der Waals surface area contributed by atoms with Crippen LogP contribution in [0.5, 0.6) is 0 Å².